The third-order valence-electron chi connectivity index (χ3n) is 3.52. The van der Waals surface area contributed by atoms with Crippen molar-refractivity contribution in [1.29, 1.82) is 0 Å². The van der Waals surface area contributed by atoms with Crippen molar-refractivity contribution < 1.29 is 19.2 Å². The quantitative estimate of drug-likeness (QED) is 0.432. The van der Waals surface area contributed by atoms with Crippen LogP contribution in [0.1, 0.15) is 12.0 Å². The Morgan fingerprint density at radius 3 is 2.46 bits per heavy atom. The van der Waals surface area contributed by atoms with Crippen molar-refractivity contribution in [1.82, 2.24) is 0 Å². The largest absolute Gasteiger partial charge is 0.469 e. The number of rotatable bonds is 8. The molecule has 1 amide bonds. The number of amides is 1. The van der Waals surface area contributed by atoms with E-state index in [1.54, 1.807) is 6.07 Å². The fourth-order valence-corrected chi connectivity index (χ4v) is 3.24. The standard InChI is InChI=1S/C18H18N2O5S/c1-25-17(21)11-16(26-12-13-7-3-2-4-8-13)18(22)19-14-9-5-6-10-15(14)20(23)24/h2-10,16H,11-12H2,1H3,(H,19,22). The Morgan fingerprint density at radius 1 is 1.15 bits per heavy atom. The predicted molar refractivity (Wildman–Crippen MR) is 99.9 cm³/mol. The van der Waals surface area contributed by atoms with Gasteiger partial charge in [-0.25, -0.2) is 0 Å². The molecule has 0 heterocycles. The van der Waals surface area contributed by atoms with Crippen LogP contribution in [0.3, 0.4) is 0 Å². The number of carbonyl (C=O) groups excluding carboxylic acids is 2. The molecule has 2 aromatic rings. The number of thioether (sulfide) groups is 1. The lowest BCUT2D eigenvalue weighted by Gasteiger charge is -2.15. The maximum absolute atomic E-state index is 12.6. The zero-order chi connectivity index (χ0) is 18.9. The van der Waals surface area contributed by atoms with Crippen LogP contribution in [-0.2, 0) is 20.1 Å². The molecule has 0 aliphatic rings. The normalized spacial score (nSPS) is 11.4. The average Bonchev–Trinajstić information content (AvgIpc) is 2.65. The second kappa shape index (κ2) is 9.57. The topological polar surface area (TPSA) is 98.5 Å². The number of hydrogen-bond donors (Lipinski definition) is 1. The minimum Gasteiger partial charge on any atom is -0.469 e. The summed E-state index contributed by atoms with van der Waals surface area (Å²) in [6.45, 7) is 0. The van der Waals surface area contributed by atoms with Crippen molar-refractivity contribution >= 4 is 35.0 Å². The highest BCUT2D eigenvalue weighted by atomic mass is 32.2. The molecular weight excluding hydrogens is 356 g/mol. The monoisotopic (exact) mass is 374 g/mol. The summed E-state index contributed by atoms with van der Waals surface area (Å²) in [4.78, 5) is 34.8. The van der Waals surface area contributed by atoms with E-state index in [1.165, 1.54) is 37.1 Å². The van der Waals surface area contributed by atoms with Crippen LogP contribution in [0.15, 0.2) is 54.6 Å². The van der Waals surface area contributed by atoms with Crippen LogP contribution >= 0.6 is 11.8 Å². The van der Waals surface area contributed by atoms with Crippen molar-refractivity contribution in [3.05, 3.63) is 70.3 Å². The van der Waals surface area contributed by atoms with Crippen LogP contribution in [0.5, 0.6) is 0 Å². The molecule has 0 bridgehead atoms. The third kappa shape index (κ3) is 5.59. The van der Waals surface area contributed by atoms with E-state index < -0.39 is 22.0 Å². The SMILES string of the molecule is COC(=O)CC(SCc1ccccc1)C(=O)Nc1ccccc1[N+](=O)[O-]. The number of benzene rings is 2. The molecule has 2 rings (SSSR count). The van der Waals surface area contributed by atoms with Gasteiger partial charge in [0, 0.05) is 11.8 Å². The third-order valence-corrected chi connectivity index (χ3v) is 4.81. The molecular formula is C18H18N2O5S. The molecule has 26 heavy (non-hydrogen) atoms. The van der Waals surface area contributed by atoms with Gasteiger partial charge in [-0.05, 0) is 11.6 Å². The summed E-state index contributed by atoms with van der Waals surface area (Å²) in [5.74, 6) is -0.480. The molecule has 1 unspecified atom stereocenters. The summed E-state index contributed by atoms with van der Waals surface area (Å²) >= 11 is 1.28. The number of para-hydroxylation sites is 2. The van der Waals surface area contributed by atoms with Crippen LogP contribution < -0.4 is 5.32 Å². The van der Waals surface area contributed by atoms with Crippen molar-refractivity contribution in [2.45, 2.75) is 17.4 Å². The lowest BCUT2D eigenvalue weighted by molar-refractivity contribution is -0.383. The van der Waals surface area contributed by atoms with Crippen molar-refractivity contribution in [2.75, 3.05) is 12.4 Å². The van der Waals surface area contributed by atoms with E-state index in [9.17, 15) is 19.7 Å². The molecule has 0 aliphatic carbocycles. The summed E-state index contributed by atoms with van der Waals surface area (Å²) < 4.78 is 4.65. The first-order valence-corrected chi connectivity index (χ1v) is 8.82. The summed E-state index contributed by atoms with van der Waals surface area (Å²) in [6.07, 6.45) is -0.125. The molecule has 0 saturated carbocycles. The fraction of sp³-hybridized carbons (Fsp3) is 0.222. The van der Waals surface area contributed by atoms with Crippen LogP contribution in [0, 0.1) is 10.1 Å². The van der Waals surface area contributed by atoms with Gasteiger partial charge in [-0.2, -0.15) is 0 Å². The zero-order valence-electron chi connectivity index (χ0n) is 14.1. The number of carbonyl (C=O) groups is 2. The Balaban J connectivity index is 2.12. The van der Waals surface area contributed by atoms with Crippen molar-refractivity contribution in [3.63, 3.8) is 0 Å². The lowest BCUT2D eigenvalue weighted by atomic mass is 10.2. The number of hydrogen-bond acceptors (Lipinski definition) is 6. The van der Waals surface area contributed by atoms with Gasteiger partial charge in [-0.3, -0.25) is 19.7 Å². The maximum Gasteiger partial charge on any atom is 0.307 e. The highest BCUT2D eigenvalue weighted by Crippen LogP contribution is 2.26. The molecule has 0 radical (unpaired) electrons. The molecule has 0 aromatic heterocycles. The Bertz CT molecular complexity index is 782. The van der Waals surface area contributed by atoms with Gasteiger partial charge in [-0.1, -0.05) is 42.5 Å². The minimum absolute atomic E-state index is 0.0951. The van der Waals surface area contributed by atoms with E-state index in [2.05, 4.69) is 10.1 Å². The van der Waals surface area contributed by atoms with Crippen LogP contribution in [-0.4, -0.2) is 29.2 Å². The number of methoxy groups -OCH3 is 1. The molecule has 136 valence electrons. The molecule has 8 heteroatoms. The summed E-state index contributed by atoms with van der Waals surface area (Å²) in [7, 11) is 1.25. The Morgan fingerprint density at radius 2 is 1.81 bits per heavy atom. The van der Waals surface area contributed by atoms with Gasteiger partial charge in [0.25, 0.3) is 5.69 Å². The van der Waals surface area contributed by atoms with E-state index in [0.717, 1.165) is 5.56 Å². The van der Waals surface area contributed by atoms with Crippen molar-refractivity contribution in [3.8, 4) is 0 Å². The molecule has 7 nitrogen and oxygen atoms in total. The highest BCUT2D eigenvalue weighted by molar-refractivity contribution is 7.99. The molecule has 0 saturated heterocycles. The second-order valence-electron chi connectivity index (χ2n) is 5.33. The summed E-state index contributed by atoms with van der Waals surface area (Å²) in [5, 5.41) is 12.9. The van der Waals surface area contributed by atoms with Gasteiger partial charge in [-0.15, -0.1) is 11.8 Å². The summed E-state index contributed by atoms with van der Waals surface area (Å²) in [6, 6.07) is 15.4. The first kappa shape index (κ1) is 19.5. The first-order valence-electron chi connectivity index (χ1n) is 7.78. The lowest BCUT2D eigenvalue weighted by Crippen LogP contribution is -2.28. The molecule has 1 atom stereocenters. The van der Waals surface area contributed by atoms with Crippen LogP contribution in [0.2, 0.25) is 0 Å². The number of nitro groups is 1. The number of anilines is 1. The number of nitro benzene ring substituents is 1. The maximum atomic E-state index is 12.6. The van der Waals surface area contributed by atoms with E-state index in [4.69, 9.17) is 0 Å². The molecule has 1 N–H and O–H groups in total. The van der Waals surface area contributed by atoms with Crippen molar-refractivity contribution in [2.24, 2.45) is 0 Å². The number of nitrogens with zero attached hydrogens (tertiary/aromatic N) is 1. The number of nitrogens with one attached hydrogen (secondary N) is 1. The van der Waals surface area contributed by atoms with E-state index in [0.29, 0.717) is 5.75 Å². The Kier molecular flexibility index (Phi) is 7.16. The van der Waals surface area contributed by atoms with E-state index in [1.807, 2.05) is 30.3 Å². The van der Waals surface area contributed by atoms with Gasteiger partial charge < -0.3 is 10.1 Å². The average molecular weight is 374 g/mol. The molecule has 2 aromatic carbocycles. The molecule has 0 spiro atoms. The van der Waals surface area contributed by atoms with E-state index in [-0.39, 0.29) is 17.8 Å². The van der Waals surface area contributed by atoms with Crippen LogP contribution in [0.4, 0.5) is 11.4 Å². The van der Waals surface area contributed by atoms with Gasteiger partial charge >= 0.3 is 5.97 Å². The number of esters is 1. The Labute approximate surface area is 154 Å². The van der Waals surface area contributed by atoms with Gasteiger partial charge in [0.15, 0.2) is 0 Å². The first-order chi connectivity index (χ1) is 12.5. The zero-order valence-corrected chi connectivity index (χ0v) is 14.9. The van der Waals surface area contributed by atoms with E-state index >= 15 is 0 Å². The highest BCUT2D eigenvalue weighted by Gasteiger charge is 2.25. The summed E-state index contributed by atoms with van der Waals surface area (Å²) in [5.41, 5.74) is 0.897. The predicted octanol–water partition coefficient (Wildman–Crippen LogP) is 3.40. The molecule has 0 fully saturated rings. The Hall–Kier alpha value is -2.87. The fourth-order valence-electron chi connectivity index (χ4n) is 2.18. The number of ether oxygens (including phenoxy) is 1. The second-order valence-corrected chi connectivity index (χ2v) is 6.52. The smallest absolute Gasteiger partial charge is 0.307 e. The molecule has 0 aliphatic heterocycles. The van der Waals surface area contributed by atoms with Gasteiger partial charge in [0.1, 0.15) is 5.69 Å². The van der Waals surface area contributed by atoms with Gasteiger partial charge in [0.2, 0.25) is 5.91 Å². The van der Waals surface area contributed by atoms with Gasteiger partial charge in [0.05, 0.1) is 23.7 Å². The minimum atomic E-state index is -0.734. The van der Waals surface area contributed by atoms with Crippen LogP contribution in [0.25, 0.3) is 0 Å².